The van der Waals surface area contributed by atoms with Crippen molar-refractivity contribution in [2.75, 3.05) is 25.5 Å². The van der Waals surface area contributed by atoms with Gasteiger partial charge in [0, 0.05) is 13.6 Å². The van der Waals surface area contributed by atoms with E-state index in [2.05, 4.69) is 20.9 Å². The molecule has 1 rings (SSSR count). The van der Waals surface area contributed by atoms with E-state index in [1.807, 2.05) is 6.92 Å². The lowest BCUT2D eigenvalue weighted by atomic mass is 10.2. The molecule has 0 radical (unpaired) electrons. The van der Waals surface area contributed by atoms with Crippen LogP contribution in [0, 0.1) is 17.5 Å². The quantitative estimate of drug-likeness (QED) is 0.440. The number of rotatable bonds is 5. The molecular weight excluding hydrogens is 285 g/mol. The molecule has 0 aliphatic carbocycles. The SMILES string of the molecule is CCCNC(=NC)NCC(=O)Nc1ccc(F)c(F)c1F. The van der Waals surface area contributed by atoms with Crippen molar-refractivity contribution in [3.05, 3.63) is 29.6 Å². The first-order valence-corrected chi connectivity index (χ1v) is 6.37. The minimum absolute atomic E-state index is 0.193. The first-order chi connectivity index (χ1) is 9.99. The lowest BCUT2D eigenvalue weighted by Crippen LogP contribution is -2.41. The molecule has 3 N–H and O–H groups in total. The molecule has 0 unspecified atom stereocenters. The Labute approximate surface area is 120 Å². The predicted octanol–water partition coefficient (Wildman–Crippen LogP) is 1.62. The third-order valence-electron chi connectivity index (χ3n) is 2.49. The third kappa shape index (κ3) is 4.97. The first-order valence-electron chi connectivity index (χ1n) is 6.37. The van der Waals surface area contributed by atoms with Crippen molar-refractivity contribution in [2.24, 2.45) is 4.99 Å². The molecule has 0 atom stereocenters. The summed E-state index contributed by atoms with van der Waals surface area (Å²) in [4.78, 5) is 15.5. The van der Waals surface area contributed by atoms with Crippen LogP contribution in [0.1, 0.15) is 13.3 Å². The van der Waals surface area contributed by atoms with Crippen molar-refractivity contribution in [2.45, 2.75) is 13.3 Å². The Balaban J connectivity index is 2.56. The van der Waals surface area contributed by atoms with E-state index in [1.54, 1.807) is 0 Å². The zero-order valence-electron chi connectivity index (χ0n) is 11.8. The maximum Gasteiger partial charge on any atom is 0.243 e. The molecule has 1 aromatic rings. The molecule has 21 heavy (non-hydrogen) atoms. The van der Waals surface area contributed by atoms with Crippen molar-refractivity contribution >= 4 is 17.6 Å². The monoisotopic (exact) mass is 302 g/mol. The molecule has 5 nitrogen and oxygen atoms in total. The van der Waals surface area contributed by atoms with Crippen molar-refractivity contribution in [3.63, 3.8) is 0 Å². The van der Waals surface area contributed by atoms with Crippen LogP contribution in [0.4, 0.5) is 18.9 Å². The second-order valence-electron chi connectivity index (χ2n) is 4.12. The van der Waals surface area contributed by atoms with Crippen molar-refractivity contribution in [3.8, 4) is 0 Å². The third-order valence-corrected chi connectivity index (χ3v) is 2.49. The van der Waals surface area contributed by atoms with Crippen LogP contribution in [0.2, 0.25) is 0 Å². The van der Waals surface area contributed by atoms with Gasteiger partial charge < -0.3 is 16.0 Å². The van der Waals surface area contributed by atoms with Crippen molar-refractivity contribution in [1.82, 2.24) is 10.6 Å². The van der Waals surface area contributed by atoms with E-state index >= 15 is 0 Å². The molecular formula is C13H17F3N4O. The lowest BCUT2D eigenvalue weighted by molar-refractivity contribution is -0.115. The summed E-state index contributed by atoms with van der Waals surface area (Å²) in [7, 11) is 1.54. The summed E-state index contributed by atoms with van der Waals surface area (Å²) in [5.41, 5.74) is -0.419. The molecule has 0 saturated carbocycles. The topological polar surface area (TPSA) is 65.5 Å². The smallest absolute Gasteiger partial charge is 0.243 e. The zero-order chi connectivity index (χ0) is 15.8. The standard InChI is InChI=1S/C13H17F3N4O/c1-3-6-18-13(17-2)19-7-10(21)20-9-5-4-8(14)11(15)12(9)16/h4-5H,3,6-7H2,1-2H3,(H,20,21)(H2,17,18,19). The lowest BCUT2D eigenvalue weighted by Gasteiger charge is -2.11. The van der Waals surface area contributed by atoms with E-state index in [1.165, 1.54) is 7.05 Å². The molecule has 0 spiro atoms. The van der Waals surface area contributed by atoms with Crippen LogP contribution in [-0.2, 0) is 4.79 Å². The predicted molar refractivity (Wildman–Crippen MR) is 74.6 cm³/mol. The number of aliphatic imine (C=N–C) groups is 1. The highest BCUT2D eigenvalue weighted by Crippen LogP contribution is 2.19. The van der Waals surface area contributed by atoms with Gasteiger partial charge >= 0.3 is 0 Å². The van der Waals surface area contributed by atoms with Crippen LogP contribution < -0.4 is 16.0 Å². The Hall–Kier alpha value is -2.25. The van der Waals surface area contributed by atoms with Crippen LogP contribution in [-0.4, -0.2) is 32.0 Å². The van der Waals surface area contributed by atoms with Crippen molar-refractivity contribution in [1.29, 1.82) is 0 Å². The molecule has 1 amide bonds. The minimum Gasteiger partial charge on any atom is -0.356 e. The fraction of sp³-hybridized carbons (Fsp3) is 0.385. The minimum atomic E-state index is -1.62. The summed E-state index contributed by atoms with van der Waals surface area (Å²) in [5, 5.41) is 7.80. The Bertz CT molecular complexity index is 534. The second-order valence-corrected chi connectivity index (χ2v) is 4.12. The molecule has 0 aliphatic rings. The van der Waals surface area contributed by atoms with E-state index < -0.39 is 29.0 Å². The highest BCUT2D eigenvalue weighted by atomic mass is 19.2. The molecule has 0 bridgehead atoms. The first kappa shape index (κ1) is 16.8. The molecule has 0 aromatic heterocycles. The zero-order valence-corrected chi connectivity index (χ0v) is 11.8. The number of carbonyl (C=O) groups excluding carboxylic acids is 1. The highest BCUT2D eigenvalue weighted by Gasteiger charge is 2.15. The normalized spacial score (nSPS) is 11.2. The van der Waals surface area contributed by atoms with E-state index in [0.717, 1.165) is 18.6 Å². The molecule has 1 aromatic carbocycles. The number of halogens is 3. The van der Waals surface area contributed by atoms with Gasteiger partial charge in [0.2, 0.25) is 5.91 Å². The number of anilines is 1. The van der Waals surface area contributed by atoms with Gasteiger partial charge in [-0.1, -0.05) is 6.92 Å². The Kier molecular flexibility index (Phi) is 6.51. The summed E-state index contributed by atoms with van der Waals surface area (Å²) in [6.45, 7) is 2.46. The number of carbonyl (C=O) groups is 1. The molecule has 116 valence electrons. The summed E-state index contributed by atoms with van der Waals surface area (Å²) < 4.78 is 39.1. The second kappa shape index (κ2) is 8.13. The van der Waals surface area contributed by atoms with Gasteiger partial charge in [-0.25, -0.2) is 13.2 Å². The van der Waals surface area contributed by atoms with Gasteiger partial charge in [0.05, 0.1) is 12.2 Å². The van der Waals surface area contributed by atoms with Crippen LogP contribution in [0.3, 0.4) is 0 Å². The average molecular weight is 302 g/mol. The summed E-state index contributed by atoms with van der Waals surface area (Å²) in [6, 6.07) is 1.69. The van der Waals surface area contributed by atoms with E-state index in [4.69, 9.17) is 0 Å². The largest absolute Gasteiger partial charge is 0.356 e. The number of hydrogen-bond donors (Lipinski definition) is 3. The van der Waals surface area contributed by atoms with E-state index in [0.29, 0.717) is 12.5 Å². The molecule has 0 saturated heterocycles. The molecule has 0 heterocycles. The van der Waals surface area contributed by atoms with E-state index in [-0.39, 0.29) is 6.54 Å². The van der Waals surface area contributed by atoms with Crippen molar-refractivity contribution < 1.29 is 18.0 Å². The van der Waals surface area contributed by atoms with Crippen LogP contribution in [0.5, 0.6) is 0 Å². The van der Waals surface area contributed by atoms with Gasteiger partial charge in [-0.15, -0.1) is 0 Å². The van der Waals surface area contributed by atoms with E-state index in [9.17, 15) is 18.0 Å². The summed E-state index contributed by atoms with van der Waals surface area (Å²) >= 11 is 0. The Morgan fingerprint density at radius 2 is 1.90 bits per heavy atom. The fourth-order valence-electron chi connectivity index (χ4n) is 1.44. The maximum atomic E-state index is 13.4. The number of nitrogens with zero attached hydrogens (tertiary/aromatic N) is 1. The van der Waals surface area contributed by atoms with Gasteiger partial charge in [-0.05, 0) is 18.6 Å². The maximum absolute atomic E-state index is 13.4. The van der Waals surface area contributed by atoms with Gasteiger partial charge in [-0.2, -0.15) is 0 Å². The number of benzene rings is 1. The fourth-order valence-corrected chi connectivity index (χ4v) is 1.44. The van der Waals surface area contributed by atoms with Gasteiger partial charge in [0.15, 0.2) is 23.4 Å². The Morgan fingerprint density at radius 1 is 1.19 bits per heavy atom. The van der Waals surface area contributed by atoms with Gasteiger partial charge in [0.1, 0.15) is 0 Å². The average Bonchev–Trinajstić information content (AvgIpc) is 2.48. The molecule has 8 heteroatoms. The van der Waals surface area contributed by atoms with Gasteiger partial charge in [0.25, 0.3) is 0 Å². The molecule has 0 aliphatic heterocycles. The number of amides is 1. The number of hydrogen-bond acceptors (Lipinski definition) is 2. The van der Waals surface area contributed by atoms with Crippen LogP contribution in [0.25, 0.3) is 0 Å². The Morgan fingerprint density at radius 3 is 2.52 bits per heavy atom. The highest BCUT2D eigenvalue weighted by molar-refractivity contribution is 5.95. The van der Waals surface area contributed by atoms with Crippen LogP contribution in [0.15, 0.2) is 17.1 Å². The summed E-state index contributed by atoms with van der Waals surface area (Å²) in [5.74, 6) is -4.57. The number of nitrogens with one attached hydrogen (secondary N) is 3. The number of guanidine groups is 1. The van der Waals surface area contributed by atoms with Gasteiger partial charge in [-0.3, -0.25) is 9.79 Å². The summed E-state index contributed by atoms with van der Waals surface area (Å²) in [6.07, 6.45) is 0.882. The molecule has 0 fully saturated rings. The van der Waals surface area contributed by atoms with Crippen LogP contribution >= 0.6 is 0 Å².